The highest BCUT2D eigenvalue weighted by atomic mass is 32.2. The van der Waals surface area contributed by atoms with Crippen LogP contribution in [0.25, 0.3) is 0 Å². The molecular formula is C21H19NO3S3. The van der Waals surface area contributed by atoms with Crippen molar-refractivity contribution in [3.05, 3.63) is 69.9 Å². The number of hydrogen-bond donors (Lipinski definition) is 1. The van der Waals surface area contributed by atoms with Crippen molar-refractivity contribution in [2.75, 3.05) is 11.6 Å². The lowest BCUT2D eigenvalue weighted by atomic mass is 9.91. The van der Waals surface area contributed by atoms with Crippen LogP contribution in [0.2, 0.25) is 0 Å². The van der Waals surface area contributed by atoms with Crippen LogP contribution in [0.5, 0.6) is 0 Å². The molecule has 0 saturated heterocycles. The van der Waals surface area contributed by atoms with Gasteiger partial charge >= 0.3 is 0 Å². The van der Waals surface area contributed by atoms with Crippen LogP contribution in [0.3, 0.4) is 0 Å². The summed E-state index contributed by atoms with van der Waals surface area (Å²) in [5.41, 5.74) is 2.33. The van der Waals surface area contributed by atoms with E-state index in [1.807, 2.05) is 43.5 Å². The Balaban J connectivity index is 1.80. The molecular weight excluding hydrogens is 410 g/mol. The summed E-state index contributed by atoms with van der Waals surface area (Å²) in [5.74, 6) is -0.295. The fourth-order valence-corrected chi connectivity index (χ4v) is 6.84. The van der Waals surface area contributed by atoms with Gasteiger partial charge in [-0.3, -0.25) is 4.79 Å². The summed E-state index contributed by atoms with van der Waals surface area (Å²) in [6, 6.07) is 14.9. The van der Waals surface area contributed by atoms with Crippen LogP contribution in [0.4, 0.5) is 5.69 Å². The number of benzene rings is 2. The van der Waals surface area contributed by atoms with E-state index in [0.29, 0.717) is 12.1 Å². The third-order valence-electron chi connectivity index (χ3n) is 4.86. The molecule has 1 amide bonds. The van der Waals surface area contributed by atoms with Crippen molar-refractivity contribution >= 4 is 44.5 Å². The molecule has 3 aromatic rings. The number of thiophene rings is 1. The molecule has 0 saturated carbocycles. The summed E-state index contributed by atoms with van der Waals surface area (Å²) >= 11 is 3.05. The lowest BCUT2D eigenvalue weighted by Crippen LogP contribution is -2.23. The molecule has 1 aliphatic heterocycles. The number of hydrogen-bond acceptors (Lipinski definition) is 5. The van der Waals surface area contributed by atoms with Crippen LogP contribution in [-0.2, 0) is 14.6 Å². The van der Waals surface area contributed by atoms with Crippen molar-refractivity contribution in [2.24, 2.45) is 0 Å². The van der Waals surface area contributed by atoms with Crippen molar-refractivity contribution < 1.29 is 13.2 Å². The van der Waals surface area contributed by atoms with Crippen molar-refractivity contribution in [1.82, 2.24) is 0 Å². The van der Waals surface area contributed by atoms with Gasteiger partial charge in [0.1, 0.15) is 4.90 Å². The molecule has 0 bridgehead atoms. The molecule has 28 heavy (non-hydrogen) atoms. The third-order valence-corrected chi connectivity index (χ3v) is 8.63. The Morgan fingerprint density at radius 2 is 1.89 bits per heavy atom. The maximum atomic E-state index is 13.2. The summed E-state index contributed by atoms with van der Waals surface area (Å²) in [7, 11) is -3.71. The molecule has 1 N–H and O–H groups in total. The van der Waals surface area contributed by atoms with E-state index in [2.05, 4.69) is 5.32 Å². The maximum absolute atomic E-state index is 13.2. The molecule has 2 aromatic carbocycles. The molecule has 1 aromatic heterocycles. The lowest BCUT2D eigenvalue weighted by Gasteiger charge is -2.24. The van der Waals surface area contributed by atoms with Gasteiger partial charge in [-0.1, -0.05) is 24.3 Å². The molecule has 0 spiro atoms. The van der Waals surface area contributed by atoms with Crippen LogP contribution in [-0.4, -0.2) is 20.6 Å². The number of rotatable bonds is 4. The normalized spacial score (nSPS) is 16.5. The van der Waals surface area contributed by atoms with E-state index in [-0.39, 0.29) is 21.6 Å². The molecule has 0 unspecified atom stereocenters. The molecule has 0 fully saturated rings. The van der Waals surface area contributed by atoms with Crippen LogP contribution in [0, 0.1) is 6.92 Å². The van der Waals surface area contributed by atoms with Crippen molar-refractivity contribution in [3.63, 3.8) is 0 Å². The van der Waals surface area contributed by atoms with Crippen molar-refractivity contribution in [2.45, 2.75) is 33.9 Å². The van der Waals surface area contributed by atoms with Gasteiger partial charge in [0.05, 0.1) is 10.6 Å². The standard InChI is InChI=1S/C21H19NO3S3/c1-13-4-3-5-16(10-13)28(24,25)18-12-27-21-17(11-19(23)22-20(18)21)14-6-8-15(26-2)9-7-14/h3-10,12,17H,11H2,1-2H3,(H,22,23)/t17-/m0/s1. The minimum atomic E-state index is -3.71. The maximum Gasteiger partial charge on any atom is 0.225 e. The highest BCUT2D eigenvalue weighted by Crippen LogP contribution is 2.46. The highest BCUT2D eigenvalue weighted by molar-refractivity contribution is 7.98. The summed E-state index contributed by atoms with van der Waals surface area (Å²) in [4.78, 5) is 14.9. The minimum absolute atomic E-state index is 0.133. The Bertz CT molecular complexity index is 1150. The summed E-state index contributed by atoms with van der Waals surface area (Å²) in [6.45, 7) is 1.86. The van der Waals surface area contributed by atoms with Crippen molar-refractivity contribution in [1.29, 1.82) is 0 Å². The van der Waals surface area contributed by atoms with Crippen LogP contribution in [0.1, 0.15) is 28.3 Å². The number of amides is 1. The van der Waals surface area contributed by atoms with Gasteiger partial charge in [-0.05, 0) is 48.6 Å². The van der Waals surface area contributed by atoms with Gasteiger partial charge < -0.3 is 5.32 Å². The van der Waals surface area contributed by atoms with Crippen molar-refractivity contribution in [3.8, 4) is 0 Å². The molecule has 1 atom stereocenters. The van der Waals surface area contributed by atoms with Crippen LogP contribution < -0.4 is 5.32 Å². The van der Waals surface area contributed by atoms with Gasteiger partial charge in [0.2, 0.25) is 15.7 Å². The largest absolute Gasteiger partial charge is 0.324 e. The lowest BCUT2D eigenvalue weighted by molar-refractivity contribution is -0.116. The second-order valence-corrected chi connectivity index (χ2v) is 10.4. The number of carbonyl (C=O) groups excluding carboxylic acids is 1. The van der Waals surface area contributed by atoms with E-state index in [9.17, 15) is 13.2 Å². The average molecular weight is 430 g/mol. The fraction of sp³-hybridized carbons (Fsp3) is 0.190. The van der Waals surface area contributed by atoms with E-state index in [0.717, 1.165) is 20.9 Å². The van der Waals surface area contributed by atoms with E-state index in [4.69, 9.17) is 0 Å². The summed E-state index contributed by atoms with van der Waals surface area (Å²) < 4.78 is 26.4. The Hall–Kier alpha value is -2.09. The molecule has 0 aliphatic carbocycles. The van der Waals surface area contributed by atoms with Gasteiger partial charge in [-0.15, -0.1) is 23.1 Å². The van der Waals surface area contributed by atoms with Gasteiger partial charge in [0.15, 0.2) is 0 Å². The van der Waals surface area contributed by atoms with Crippen LogP contribution in [0.15, 0.2) is 68.6 Å². The first-order chi connectivity index (χ1) is 13.4. The molecule has 4 rings (SSSR count). The predicted molar refractivity (Wildman–Crippen MR) is 114 cm³/mol. The van der Waals surface area contributed by atoms with Gasteiger partial charge in [-0.25, -0.2) is 8.42 Å². The predicted octanol–water partition coefficient (Wildman–Crippen LogP) is 5.09. The Kier molecular flexibility index (Phi) is 5.07. The molecule has 144 valence electrons. The SMILES string of the molecule is CSc1ccc([C@@H]2CC(=O)Nc3c(S(=O)(=O)c4cccc(C)c4)csc32)cc1. The van der Waals surface area contributed by atoms with Gasteiger partial charge in [-0.2, -0.15) is 0 Å². The number of sulfone groups is 1. The Morgan fingerprint density at radius 1 is 1.14 bits per heavy atom. The molecule has 2 heterocycles. The first kappa shape index (κ1) is 19.2. The highest BCUT2D eigenvalue weighted by Gasteiger charge is 2.34. The van der Waals surface area contributed by atoms with Gasteiger partial charge in [0.25, 0.3) is 0 Å². The Morgan fingerprint density at radius 3 is 2.57 bits per heavy atom. The molecule has 0 radical (unpaired) electrons. The van der Waals surface area contributed by atoms with E-state index in [1.54, 1.807) is 35.3 Å². The van der Waals surface area contributed by atoms with Crippen LogP contribution >= 0.6 is 23.1 Å². The fourth-order valence-electron chi connectivity index (χ4n) is 3.42. The smallest absolute Gasteiger partial charge is 0.225 e. The Labute approximate surface area is 172 Å². The zero-order chi connectivity index (χ0) is 19.9. The number of aryl methyl sites for hydroxylation is 1. The third kappa shape index (κ3) is 3.38. The topological polar surface area (TPSA) is 63.2 Å². The number of anilines is 1. The van der Waals surface area contributed by atoms with Gasteiger partial charge in [0, 0.05) is 27.5 Å². The molecule has 1 aliphatic rings. The number of nitrogens with one attached hydrogen (secondary N) is 1. The summed E-state index contributed by atoms with van der Waals surface area (Å²) in [5, 5.41) is 4.46. The first-order valence-electron chi connectivity index (χ1n) is 8.77. The van der Waals surface area contributed by atoms with E-state index < -0.39 is 9.84 Å². The first-order valence-corrected chi connectivity index (χ1v) is 12.4. The quantitative estimate of drug-likeness (QED) is 0.587. The molecule has 7 heteroatoms. The second-order valence-electron chi connectivity index (χ2n) is 6.74. The average Bonchev–Trinajstić information content (AvgIpc) is 3.12. The number of thioether (sulfide) groups is 1. The van der Waals surface area contributed by atoms with E-state index in [1.165, 1.54) is 11.3 Å². The monoisotopic (exact) mass is 429 g/mol. The minimum Gasteiger partial charge on any atom is -0.324 e. The zero-order valence-corrected chi connectivity index (χ0v) is 17.9. The van der Waals surface area contributed by atoms with E-state index >= 15 is 0 Å². The number of fused-ring (bicyclic) bond motifs is 1. The number of carbonyl (C=O) groups is 1. The summed E-state index contributed by atoms with van der Waals surface area (Å²) in [6.07, 6.45) is 2.33. The zero-order valence-electron chi connectivity index (χ0n) is 15.4. The second kappa shape index (κ2) is 7.39. The molecule has 4 nitrogen and oxygen atoms in total.